The van der Waals surface area contributed by atoms with Crippen molar-refractivity contribution in [3.05, 3.63) is 21.8 Å². The lowest BCUT2D eigenvalue weighted by Gasteiger charge is -2.35. The average molecular weight is 339 g/mol. The van der Waals surface area contributed by atoms with Crippen molar-refractivity contribution < 1.29 is 4.74 Å². The van der Waals surface area contributed by atoms with Gasteiger partial charge in [-0.25, -0.2) is 4.98 Å². The summed E-state index contributed by atoms with van der Waals surface area (Å²) in [5.74, 6) is 0.926. The molecule has 0 aliphatic carbocycles. The number of morpholine rings is 1. The van der Waals surface area contributed by atoms with E-state index in [0.717, 1.165) is 40.8 Å². The zero-order valence-electron chi connectivity index (χ0n) is 13.1. The van der Waals surface area contributed by atoms with E-state index >= 15 is 0 Å². The number of ether oxygens (including phenoxy) is 1. The molecule has 0 unspecified atom stereocenters. The monoisotopic (exact) mass is 339 g/mol. The molecule has 1 aliphatic heterocycles. The van der Waals surface area contributed by atoms with Gasteiger partial charge in [0, 0.05) is 32.4 Å². The Morgan fingerprint density at radius 1 is 1.41 bits per heavy atom. The maximum atomic E-state index is 12.3. The summed E-state index contributed by atoms with van der Waals surface area (Å²) in [7, 11) is 1.80. The first-order chi connectivity index (χ1) is 10.5. The maximum absolute atomic E-state index is 12.3. The van der Waals surface area contributed by atoms with Gasteiger partial charge in [-0.15, -0.1) is 11.3 Å². The van der Waals surface area contributed by atoms with Gasteiger partial charge in [0.15, 0.2) is 5.16 Å². The lowest BCUT2D eigenvalue weighted by atomic mass is 10.2. The van der Waals surface area contributed by atoms with Gasteiger partial charge in [0.25, 0.3) is 5.56 Å². The molecule has 22 heavy (non-hydrogen) atoms. The zero-order chi connectivity index (χ0) is 15.7. The molecule has 1 fully saturated rings. The molecule has 2 aromatic heterocycles. The van der Waals surface area contributed by atoms with Crippen LogP contribution < -0.4 is 5.56 Å². The van der Waals surface area contributed by atoms with Crippen LogP contribution in [-0.2, 0) is 11.8 Å². The second-order valence-corrected chi connectivity index (χ2v) is 7.74. The molecule has 0 N–H and O–H groups in total. The molecular weight excluding hydrogens is 318 g/mol. The Bertz CT molecular complexity index is 702. The molecule has 0 spiro atoms. The van der Waals surface area contributed by atoms with Gasteiger partial charge in [-0.05, 0) is 25.3 Å². The number of thiophene rings is 1. The fourth-order valence-electron chi connectivity index (χ4n) is 2.83. The van der Waals surface area contributed by atoms with E-state index in [1.807, 2.05) is 11.4 Å². The number of fused-ring (bicyclic) bond motifs is 1. The van der Waals surface area contributed by atoms with Crippen LogP contribution in [0.1, 0.15) is 13.8 Å². The van der Waals surface area contributed by atoms with Gasteiger partial charge in [-0.1, -0.05) is 11.8 Å². The number of thioether (sulfide) groups is 1. The third kappa shape index (κ3) is 3.37. The second kappa shape index (κ2) is 6.70. The molecule has 1 aliphatic rings. The number of hydrogen-bond donors (Lipinski definition) is 0. The molecule has 0 saturated carbocycles. The molecule has 5 nitrogen and oxygen atoms in total. The van der Waals surface area contributed by atoms with Gasteiger partial charge in [-0.2, -0.15) is 0 Å². The Morgan fingerprint density at radius 3 is 2.86 bits per heavy atom. The lowest BCUT2D eigenvalue weighted by molar-refractivity contribution is -0.0661. The topological polar surface area (TPSA) is 47.4 Å². The van der Waals surface area contributed by atoms with E-state index in [1.54, 1.807) is 23.4 Å². The highest BCUT2D eigenvalue weighted by Crippen LogP contribution is 2.20. The van der Waals surface area contributed by atoms with E-state index in [1.165, 1.54) is 11.3 Å². The Kier molecular flexibility index (Phi) is 4.87. The van der Waals surface area contributed by atoms with Crippen LogP contribution in [0.15, 0.2) is 21.4 Å². The van der Waals surface area contributed by atoms with Crippen LogP contribution in [0.25, 0.3) is 10.2 Å². The van der Waals surface area contributed by atoms with Crippen LogP contribution >= 0.6 is 23.1 Å². The number of aromatic nitrogens is 2. The van der Waals surface area contributed by atoms with Crippen LogP contribution in [0.5, 0.6) is 0 Å². The predicted molar refractivity (Wildman–Crippen MR) is 92.0 cm³/mol. The minimum absolute atomic E-state index is 0.0520. The summed E-state index contributed by atoms with van der Waals surface area (Å²) in [6.07, 6.45) is 0.580. The fraction of sp³-hybridized carbons (Fsp3) is 0.600. The van der Waals surface area contributed by atoms with Crippen molar-refractivity contribution in [2.45, 2.75) is 31.2 Å². The van der Waals surface area contributed by atoms with E-state index < -0.39 is 0 Å². The largest absolute Gasteiger partial charge is 0.373 e. The molecule has 0 bridgehead atoms. The van der Waals surface area contributed by atoms with Crippen molar-refractivity contribution in [3.8, 4) is 0 Å². The second-order valence-electron chi connectivity index (χ2n) is 5.76. The van der Waals surface area contributed by atoms with Crippen molar-refractivity contribution >= 4 is 33.3 Å². The van der Waals surface area contributed by atoms with Crippen LogP contribution in [0, 0.1) is 0 Å². The minimum Gasteiger partial charge on any atom is -0.373 e. The van der Waals surface area contributed by atoms with Gasteiger partial charge < -0.3 is 4.74 Å². The number of rotatable bonds is 4. The van der Waals surface area contributed by atoms with Crippen LogP contribution in [-0.4, -0.2) is 52.0 Å². The zero-order valence-corrected chi connectivity index (χ0v) is 14.7. The quantitative estimate of drug-likeness (QED) is 0.631. The Hall–Kier alpha value is -0.890. The molecule has 3 rings (SSSR count). The molecule has 1 saturated heterocycles. The van der Waals surface area contributed by atoms with Crippen molar-refractivity contribution in [1.29, 1.82) is 0 Å². The lowest BCUT2D eigenvalue weighted by Crippen LogP contribution is -2.46. The van der Waals surface area contributed by atoms with Gasteiger partial charge in [0.05, 0.1) is 17.7 Å². The summed E-state index contributed by atoms with van der Waals surface area (Å²) < 4.78 is 8.15. The smallest absolute Gasteiger partial charge is 0.271 e. The average Bonchev–Trinajstić information content (AvgIpc) is 2.91. The Balaban J connectivity index is 1.64. The summed E-state index contributed by atoms with van der Waals surface area (Å²) in [5, 5.41) is 2.72. The SMILES string of the molecule is C[C@@H]1CN(CCSc2nc3ccsc3c(=O)n2C)C[C@H](C)O1. The van der Waals surface area contributed by atoms with E-state index in [9.17, 15) is 4.79 Å². The van der Waals surface area contributed by atoms with E-state index in [-0.39, 0.29) is 5.56 Å². The molecular formula is C15H21N3O2S2. The summed E-state index contributed by atoms with van der Waals surface area (Å²) in [6.45, 7) is 7.17. The molecule has 0 amide bonds. The third-order valence-corrected chi connectivity index (χ3v) is 5.68. The third-order valence-electron chi connectivity index (χ3n) is 3.78. The molecule has 3 heterocycles. The number of hydrogen-bond acceptors (Lipinski definition) is 6. The van der Waals surface area contributed by atoms with E-state index in [0.29, 0.717) is 12.2 Å². The summed E-state index contributed by atoms with van der Waals surface area (Å²) in [4.78, 5) is 19.3. The Labute approximate surface area is 138 Å². The summed E-state index contributed by atoms with van der Waals surface area (Å²) >= 11 is 3.11. The van der Waals surface area contributed by atoms with Crippen LogP contribution in [0.3, 0.4) is 0 Å². The highest BCUT2D eigenvalue weighted by Gasteiger charge is 2.21. The highest BCUT2D eigenvalue weighted by molar-refractivity contribution is 7.99. The van der Waals surface area contributed by atoms with Gasteiger partial charge >= 0.3 is 0 Å². The van der Waals surface area contributed by atoms with Crippen molar-refractivity contribution in [3.63, 3.8) is 0 Å². The molecule has 0 aromatic carbocycles. The van der Waals surface area contributed by atoms with E-state index in [4.69, 9.17) is 4.74 Å². The van der Waals surface area contributed by atoms with Crippen molar-refractivity contribution in [1.82, 2.24) is 14.5 Å². The fourth-order valence-corrected chi connectivity index (χ4v) is 4.61. The number of nitrogens with zero attached hydrogens (tertiary/aromatic N) is 3. The Morgan fingerprint density at radius 2 is 2.14 bits per heavy atom. The summed E-state index contributed by atoms with van der Waals surface area (Å²) in [6, 6.07) is 1.91. The standard InChI is InChI=1S/C15H21N3O2S2/c1-10-8-18(9-11(2)20-10)5-7-22-15-16-12-4-6-21-13(12)14(19)17(15)3/h4,6,10-11H,5,7-9H2,1-3H3/t10-,11+. The van der Waals surface area contributed by atoms with Crippen molar-refractivity contribution in [2.24, 2.45) is 7.05 Å². The molecule has 7 heteroatoms. The predicted octanol–water partition coefficient (Wildman–Crippen LogP) is 2.20. The van der Waals surface area contributed by atoms with Crippen LogP contribution in [0.4, 0.5) is 0 Å². The van der Waals surface area contributed by atoms with E-state index in [2.05, 4.69) is 23.7 Å². The van der Waals surface area contributed by atoms with Gasteiger partial charge in [0.2, 0.25) is 0 Å². The van der Waals surface area contributed by atoms with Crippen molar-refractivity contribution in [2.75, 3.05) is 25.4 Å². The maximum Gasteiger partial charge on any atom is 0.271 e. The van der Waals surface area contributed by atoms with Gasteiger partial charge in [-0.3, -0.25) is 14.3 Å². The molecule has 0 radical (unpaired) electrons. The van der Waals surface area contributed by atoms with Gasteiger partial charge in [0.1, 0.15) is 4.70 Å². The first kappa shape index (κ1) is 16.0. The first-order valence-corrected chi connectivity index (χ1v) is 9.36. The molecule has 120 valence electrons. The normalized spacial score (nSPS) is 23.2. The highest BCUT2D eigenvalue weighted by atomic mass is 32.2. The first-order valence-electron chi connectivity index (χ1n) is 7.49. The minimum atomic E-state index is 0.0520. The molecule has 2 aromatic rings. The summed E-state index contributed by atoms with van der Waals surface area (Å²) in [5.41, 5.74) is 0.861. The van der Waals surface area contributed by atoms with Crippen LogP contribution in [0.2, 0.25) is 0 Å². The molecule has 2 atom stereocenters.